The van der Waals surface area contributed by atoms with Gasteiger partial charge in [-0.05, 0) is 11.1 Å². The lowest BCUT2D eigenvalue weighted by atomic mass is 10.2. The predicted molar refractivity (Wildman–Crippen MR) is 85.4 cm³/mol. The second-order valence-electron chi connectivity index (χ2n) is 4.83. The van der Waals surface area contributed by atoms with Crippen molar-refractivity contribution in [3.8, 4) is 0 Å². The van der Waals surface area contributed by atoms with E-state index in [1.165, 1.54) is 0 Å². The topological polar surface area (TPSA) is 105 Å². The van der Waals surface area contributed by atoms with Gasteiger partial charge in [-0.2, -0.15) is 0 Å². The number of benzene rings is 2. The maximum atomic E-state index is 11.4. The molecule has 0 spiro atoms. The Labute approximate surface area is 148 Å². The Morgan fingerprint density at radius 1 is 0.577 bits per heavy atom. The molecule has 2 rings (SSSR count). The van der Waals surface area contributed by atoms with Crippen LogP contribution in [-0.4, -0.2) is 24.2 Å². The molecule has 0 radical (unpaired) electrons. The van der Waals surface area contributed by atoms with E-state index >= 15 is 0 Å². The predicted octanol–water partition coefficient (Wildman–Crippen LogP) is 2.75. The molecule has 0 heterocycles. The van der Waals surface area contributed by atoms with Crippen LogP contribution in [0.5, 0.6) is 0 Å². The Bertz CT molecular complexity index is 703. The highest BCUT2D eigenvalue weighted by Gasteiger charge is 2.25. The van der Waals surface area contributed by atoms with E-state index in [1.54, 1.807) is 60.7 Å². The van der Waals surface area contributed by atoms with Crippen molar-refractivity contribution in [1.29, 1.82) is 0 Å². The highest BCUT2D eigenvalue weighted by Crippen LogP contribution is 2.03. The normalized spacial score (nSPS) is 9.69. The Morgan fingerprint density at radius 2 is 0.923 bits per heavy atom. The van der Waals surface area contributed by atoms with Crippen molar-refractivity contribution in [2.75, 3.05) is 0 Å². The minimum atomic E-state index is -1.69. The number of hydrogen-bond donors (Lipinski definition) is 0. The van der Waals surface area contributed by atoms with E-state index in [0.29, 0.717) is 11.1 Å². The van der Waals surface area contributed by atoms with Crippen LogP contribution in [0.1, 0.15) is 11.1 Å². The lowest BCUT2D eigenvalue weighted by Crippen LogP contribution is -2.26. The second-order valence-corrected chi connectivity index (χ2v) is 4.83. The number of hydrogen-bond acceptors (Lipinski definition) is 8. The highest BCUT2D eigenvalue weighted by atomic mass is 16.8. The molecule has 0 aliphatic carbocycles. The average Bonchev–Trinajstić information content (AvgIpc) is 2.66. The zero-order valence-corrected chi connectivity index (χ0v) is 13.5. The molecule has 0 fully saturated rings. The Hall–Kier alpha value is -3.68. The van der Waals surface area contributed by atoms with E-state index < -0.39 is 24.2 Å². The SMILES string of the molecule is O=C(OCc1ccccc1)OC(=O)C(=O)OC(=O)OCc1ccccc1. The molecule has 2 aromatic carbocycles. The van der Waals surface area contributed by atoms with Gasteiger partial charge in [-0.1, -0.05) is 60.7 Å². The van der Waals surface area contributed by atoms with Crippen LogP contribution in [0.25, 0.3) is 0 Å². The maximum Gasteiger partial charge on any atom is 0.516 e. The first kappa shape index (κ1) is 18.7. The number of rotatable bonds is 4. The first-order chi connectivity index (χ1) is 12.5. The first-order valence-electron chi connectivity index (χ1n) is 7.40. The molecule has 0 aromatic heterocycles. The van der Waals surface area contributed by atoms with Gasteiger partial charge in [-0.25, -0.2) is 19.2 Å². The van der Waals surface area contributed by atoms with Crippen LogP contribution >= 0.6 is 0 Å². The smallest absolute Gasteiger partial charge is 0.429 e. The van der Waals surface area contributed by atoms with E-state index in [2.05, 4.69) is 18.9 Å². The molecule has 0 amide bonds. The number of ether oxygens (including phenoxy) is 4. The first-order valence-corrected chi connectivity index (χ1v) is 7.40. The third-order valence-electron chi connectivity index (χ3n) is 2.92. The molecule has 0 unspecified atom stereocenters. The van der Waals surface area contributed by atoms with E-state index in [9.17, 15) is 19.2 Å². The van der Waals surface area contributed by atoms with Crippen LogP contribution in [-0.2, 0) is 41.8 Å². The zero-order chi connectivity index (χ0) is 18.8. The molecule has 0 N–H and O–H groups in total. The number of esters is 2. The standard InChI is InChI=1S/C18H14O8/c19-15(25-17(21)23-11-13-7-3-1-4-8-13)16(20)26-18(22)24-12-14-9-5-2-6-10-14/h1-10H,11-12H2. The summed E-state index contributed by atoms with van der Waals surface area (Å²) < 4.78 is 17.5. The third-order valence-corrected chi connectivity index (χ3v) is 2.92. The summed E-state index contributed by atoms with van der Waals surface area (Å²) in [4.78, 5) is 45.4. The quantitative estimate of drug-likeness (QED) is 0.467. The summed E-state index contributed by atoms with van der Waals surface area (Å²) in [6.07, 6.45) is -2.79. The van der Waals surface area contributed by atoms with Crippen molar-refractivity contribution in [3.63, 3.8) is 0 Å². The van der Waals surface area contributed by atoms with Gasteiger partial charge in [-0.3, -0.25) is 0 Å². The van der Waals surface area contributed by atoms with E-state index in [1.807, 2.05) is 0 Å². The molecule has 2 aromatic rings. The van der Waals surface area contributed by atoms with Gasteiger partial charge in [-0.15, -0.1) is 0 Å². The van der Waals surface area contributed by atoms with Gasteiger partial charge >= 0.3 is 24.2 Å². The number of carbonyl (C=O) groups is 4. The number of carbonyl (C=O) groups excluding carboxylic acids is 4. The summed E-state index contributed by atoms with van der Waals surface area (Å²) >= 11 is 0. The Morgan fingerprint density at radius 3 is 1.27 bits per heavy atom. The van der Waals surface area contributed by atoms with Crippen LogP contribution in [0.2, 0.25) is 0 Å². The van der Waals surface area contributed by atoms with Crippen molar-refractivity contribution in [1.82, 2.24) is 0 Å². The Balaban J connectivity index is 1.70. The summed E-state index contributed by atoms with van der Waals surface area (Å²) in [5.74, 6) is -3.39. The molecule has 0 bridgehead atoms. The van der Waals surface area contributed by atoms with Crippen molar-refractivity contribution < 1.29 is 38.1 Å². The molecule has 8 heteroatoms. The van der Waals surface area contributed by atoms with Crippen LogP contribution in [0.3, 0.4) is 0 Å². The van der Waals surface area contributed by atoms with Crippen molar-refractivity contribution in [3.05, 3.63) is 71.8 Å². The van der Waals surface area contributed by atoms with Gasteiger partial charge in [0.15, 0.2) is 0 Å². The fraction of sp³-hybridized carbons (Fsp3) is 0.111. The monoisotopic (exact) mass is 358 g/mol. The molecule has 26 heavy (non-hydrogen) atoms. The summed E-state index contributed by atoms with van der Waals surface area (Å²) in [5, 5.41) is 0. The third kappa shape index (κ3) is 6.44. The molecule has 8 nitrogen and oxygen atoms in total. The van der Waals surface area contributed by atoms with Gasteiger partial charge in [0.2, 0.25) is 0 Å². The van der Waals surface area contributed by atoms with E-state index in [4.69, 9.17) is 0 Å². The van der Waals surface area contributed by atoms with Crippen LogP contribution in [0.15, 0.2) is 60.7 Å². The van der Waals surface area contributed by atoms with E-state index in [0.717, 1.165) is 0 Å². The molecular formula is C18H14O8. The molecule has 0 saturated heterocycles. The fourth-order valence-electron chi connectivity index (χ4n) is 1.73. The summed E-state index contributed by atoms with van der Waals surface area (Å²) in [7, 11) is 0. The second kappa shape index (κ2) is 9.58. The van der Waals surface area contributed by atoms with Crippen molar-refractivity contribution in [2.24, 2.45) is 0 Å². The van der Waals surface area contributed by atoms with Gasteiger partial charge in [0, 0.05) is 0 Å². The van der Waals surface area contributed by atoms with Crippen LogP contribution in [0, 0.1) is 0 Å². The molecule has 0 atom stereocenters. The summed E-state index contributed by atoms with van der Waals surface area (Å²) in [5.41, 5.74) is 1.31. The van der Waals surface area contributed by atoms with Crippen LogP contribution < -0.4 is 0 Å². The molecular weight excluding hydrogens is 344 g/mol. The largest absolute Gasteiger partial charge is 0.516 e. The van der Waals surface area contributed by atoms with Crippen molar-refractivity contribution >= 4 is 24.2 Å². The molecule has 0 aliphatic heterocycles. The molecule has 0 aliphatic rings. The molecule has 0 saturated carbocycles. The zero-order valence-electron chi connectivity index (χ0n) is 13.5. The van der Waals surface area contributed by atoms with Gasteiger partial charge in [0.05, 0.1) is 0 Å². The highest BCUT2D eigenvalue weighted by molar-refractivity contribution is 6.32. The Kier molecular flexibility index (Phi) is 6.87. The summed E-state index contributed by atoms with van der Waals surface area (Å²) in [6, 6.07) is 17.2. The van der Waals surface area contributed by atoms with Gasteiger partial charge in [0.25, 0.3) is 0 Å². The lowest BCUT2D eigenvalue weighted by molar-refractivity contribution is -0.163. The summed E-state index contributed by atoms with van der Waals surface area (Å²) in [6.45, 7) is -0.303. The maximum absolute atomic E-state index is 11.4. The fourth-order valence-corrected chi connectivity index (χ4v) is 1.73. The minimum absolute atomic E-state index is 0.152. The van der Waals surface area contributed by atoms with Gasteiger partial charge < -0.3 is 18.9 Å². The minimum Gasteiger partial charge on any atom is -0.429 e. The van der Waals surface area contributed by atoms with Gasteiger partial charge in [0.1, 0.15) is 13.2 Å². The van der Waals surface area contributed by atoms with E-state index in [-0.39, 0.29) is 13.2 Å². The average molecular weight is 358 g/mol. The van der Waals surface area contributed by atoms with Crippen molar-refractivity contribution in [2.45, 2.75) is 13.2 Å². The lowest BCUT2D eigenvalue weighted by Gasteiger charge is -2.05. The van der Waals surface area contributed by atoms with Crippen LogP contribution in [0.4, 0.5) is 9.59 Å². The molecule has 134 valence electrons.